The number of nitrogens with zero attached hydrogens (tertiary/aromatic N) is 1. The number of carbonyl (C=O) groups excluding carboxylic acids is 2. The summed E-state index contributed by atoms with van der Waals surface area (Å²) in [5, 5.41) is 2.92. The Balaban J connectivity index is 1.18. The van der Waals surface area contributed by atoms with Crippen LogP contribution in [0.1, 0.15) is 56.2 Å². The summed E-state index contributed by atoms with van der Waals surface area (Å²) >= 11 is 0. The number of hydrogen-bond donors (Lipinski definition) is 1. The van der Waals surface area contributed by atoms with Crippen molar-refractivity contribution < 1.29 is 32.2 Å². The molecule has 1 saturated heterocycles. The summed E-state index contributed by atoms with van der Waals surface area (Å²) in [7, 11) is 0. The zero-order chi connectivity index (χ0) is 26.9. The first-order valence-corrected chi connectivity index (χ1v) is 12.5. The molecule has 0 spiro atoms. The quantitative estimate of drug-likeness (QED) is 0.451. The minimum absolute atomic E-state index is 0.0478. The van der Waals surface area contributed by atoms with Gasteiger partial charge in [0, 0.05) is 35.5 Å². The lowest BCUT2D eigenvalue weighted by molar-refractivity contribution is -0.137. The number of nitrogens with one attached hydrogen (secondary N) is 1. The van der Waals surface area contributed by atoms with Crippen LogP contribution in [0, 0.1) is 6.92 Å². The van der Waals surface area contributed by atoms with E-state index >= 15 is 0 Å². The number of rotatable bonds is 4. The standard InChI is InChI=1S/C29H27F3N2O4/c1-18-24(9-10-25-26(18)38-16-15-37-25)27(35)33-23-7-5-19(6-8-23)20-11-13-34(14-12-20)28(36)21-3-2-4-22(17-21)29(30,31)32/h2-10,17,20H,11-16H2,1H3,(H,33,35). The zero-order valence-electron chi connectivity index (χ0n) is 20.8. The van der Waals surface area contributed by atoms with E-state index < -0.39 is 11.7 Å². The number of amides is 2. The van der Waals surface area contributed by atoms with Gasteiger partial charge in [0.15, 0.2) is 11.5 Å². The Morgan fingerprint density at radius 3 is 2.37 bits per heavy atom. The van der Waals surface area contributed by atoms with Crippen LogP contribution in [0.2, 0.25) is 0 Å². The van der Waals surface area contributed by atoms with Crippen LogP contribution in [0.3, 0.4) is 0 Å². The number of halogens is 3. The molecular weight excluding hydrogens is 497 g/mol. The fourth-order valence-electron chi connectivity index (χ4n) is 4.97. The number of likely N-dealkylation sites (tertiary alicyclic amines) is 1. The number of piperidine rings is 1. The molecule has 2 amide bonds. The van der Waals surface area contributed by atoms with E-state index in [1.807, 2.05) is 31.2 Å². The number of hydrogen-bond acceptors (Lipinski definition) is 4. The van der Waals surface area contributed by atoms with Crippen LogP contribution in [-0.4, -0.2) is 43.0 Å². The minimum Gasteiger partial charge on any atom is -0.486 e. The molecule has 2 aliphatic heterocycles. The van der Waals surface area contributed by atoms with E-state index in [1.165, 1.54) is 12.1 Å². The Morgan fingerprint density at radius 2 is 1.66 bits per heavy atom. The van der Waals surface area contributed by atoms with Gasteiger partial charge >= 0.3 is 6.18 Å². The molecule has 3 aromatic rings. The maximum absolute atomic E-state index is 13.0. The SMILES string of the molecule is Cc1c(C(=O)Nc2ccc(C3CCN(C(=O)c4cccc(C(F)(F)F)c4)CC3)cc2)ccc2c1OCCO2. The molecule has 0 saturated carbocycles. The number of anilines is 1. The third-order valence-corrected chi connectivity index (χ3v) is 7.06. The van der Waals surface area contributed by atoms with E-state index in [1.54, 1.807) is 17.0 Å². The highest BCUT2D eigenvalue weighted by molar-refractivity contribution is 6.06. The van der Waals surface area contributed by atoms with Crippen molar-refractivity contribution >= 4 is 17.5 Å². The molecule has 0 radical (unpaired) electrons. The van der Waals surface area contributed by atoms with Gasteiger partial charge in [-0.1, -0.05) is 18.2 Å². The van der Waals surface area contributed by atoms with Gasteiger partial charge in [-0.2, -0.15) is 13.2 Å². The highest BCUT2D eigenvalue weighted by Crippen LogP contribution is 2.36. The monoisotopic (exact) mass is 524 g/mol. The Hall–Kier alpha value is -4.01. The molecule has 0 aliphatic carbocycles. The largest absolute Gasteiger partial charge is 0.486 e. The molecule has 1 fully saturated rings. The van der Waals surface area contributed by atoms with Crippen LogP contribution in [0.25, 0.3) is 0 Å². The van der Waals surface area contributed by atoms with Gasteiger partial charge in [-0.25, -0.2) is 0 Å². The van der Waals surface area contributed by atoms with Crippen molar-refractivity contribution in [1.29, 1.82) is 0 Å². The molecule has 0 atom stereocenters. The Morgan fingerprint density at radius 1 is 0.947 bits per heavy atom. The number of ether oxygens (including phenoxy) is 2. The van der Waals surface area contributed by atoms with Crippen LogP contribution >= 0.6 is 0 Å². The molecule has 2 heterocycles. The molecule has 38 heavy (non-hydrogen) atoms. The van der Waals surface area contributed by atoms with Crippen molar-refractivity contribution in [2.45, 2.75) is 31.9 Å². The third kappa shape index (κ3) is 5.32. The lowest BCUT2D eigenvalue weighted by Crippen LogP contribution is -2.38. The average Bonchev–Trinajstić information content (AvgIpc) is 2.93. The first-order chi connectivity index (χ1) is 18.2. The highest BCUT2D eigenvalue weighted by atomic mass is 19.4. The second kappa shape index (κ2) is 10.4. The fraction of sp³-hybridized carbons (Fsp3) is 0.310. The molecule has 0 unspecified atom stereocenters. The lowest BCUT2D eigenvalue weighted by Gasteiger charge is -2.32. The van der Waals surface area contributed by atoms with Gasteiger partial charge in [-0.05, 0) is 73.7 Å². The van der Waals surface area contributed by atoms with Crippen molar-refractivity contribution in [2.75, 3.05) is 31.6 Å². The van der Waals surface area contributed by atoms with Gasteiger partial charge in [0.05, 0.1) is 5.56 Å². The first-order valence-electron chi connectivity index (χ1n) is 12.5. The predicted octanol–water partition coefficient (Wildman–Crippen LogP) is 6.06. The molecular formula is C29H27F3N2O4. The van der Waals surface area contributed by atoms with E-state index in [0.717, 1.165) is 23.3 Å². The van der Waals surface area contributed by atoms with Crippen LogP contribution in [0.5, 0.6) is 11.5 Å². The smallest absolute Gasteiger partial charge is 0.416 e. The Bertz CT molecular complexity index is 1350. The van der Waals surface area contributed by atoms with Gasteiger partial charge < -0.3 is 19.7 Å². The van der Waals surface area contributed by atoms with E-state index in [4.69, 9.17) is 9.47 Å². The molecule has 2 aliphatic rings. The van der Waals surface area contributed by atoms with Crippen molar-refractivity contribution in [3.63, 3.8) is 0 Å². The van der Waals surface area contributed by atoms with Crippen molar-refractivity contribution in [3.8, 4) is 11.5 Å². The van der Waals surface area contributed by atoms with Crippen molar-refractivity contribution in [2.24, 2.45) is 0 Å². The molecule has 0 aromatic heterocycles. The molecule has 3 aromatic carbocycles. The number of carbonyl (C=O) groups is 2. The lowest BCUT2D eigenvalue weighted by atomic mass is 9.89. The highest BCUT2D eigenvalue weighted by Gasteiger charge is 2.32. The van der Waals surface area contributed by atoms with Crippen LogP contribution < -0.4 is 14.8 Å². The zero-order valence-corrected chi connectivity index (χ0v) is 20.8. The summed E-state index contributed by atoms with van der Waals surface area (Å²) in [5.74, 6) is 0.815. The third-order valence-electron chi connectivity index (χ3n) is 7.06. The Labute approximate surface area is 218 Å². The second-order valence-corrected chi connectivity index (χ2v) is 9.48. The topological polar surface area (TPSA) is 67.9 Å². The van der Waals surface area contributed by atoms with Gasteiger partial charge in [0.1, 0.15) is 13.2 Å². The molecule has 9 heteroatoms. The summed E-state index contributed by atoms with van der Waals surface area (Å²) in [6.07, 6.45) is -3.09. The molecule has 6 nitrogen and oxygen atoms in total. The normalized spacial score (nSPS) is 15.7. The van der Waals surface area contributed by atoms with Crippen LogP contribution in [0.4, 0.5) is 18.9 Å². The first kappa shape index (κ1) is 25.6. The van der Waals surface area contributed by atoms with E-state index in [-0.39, 0.29) is 23.3 Å². The van der Waals surface area contributed by atoms with Crippen LogP contribution in [-0.2, 0) is 6.18 Å². The molecule has 5 rings (SSSR count). The summed E-state index contributed by atoms with van der Waals surface area (Å²) < 4.78 is 50.3. The molecule has 0 bridgehead atoms. The van der Waals surface area contributed by atoms with E-state index in [0.29, 0.717) is 61.9 Å². The fourth-order valence-corrected chi connectivity index (χ4v) is 4.97. The van der Waals surface area contributed by atoms with Crippen molar-refractivity contribution in [3.05, 3.63) is 88.5 Å². The summed E-state index contributed by atoms with van der Waals surface area (Å²) in [6.45, 7) is 3.67. The van der Waals surface area contributed by atoms with Crippen LogP contribution in [0.15, 0.2) is 60.7 Å². The predicted molar refractivity (Wildman–Crippen MR) is 136 cm³/mol. The second-order valence-electron chi connectivity index (χ2n) is 9.48. The van der Waals surface area contributed by atoms with Gasteiger partial charge in [0.25, 0.3) is 11.8 Å². The summed E-state index contributed by atoms with van der Waals surface area (Å²) in [6, 6.07) is 15.6. The molecule has 198 valence electrons. The summed E-state index contributed by atoms with van der Waals surface area (Å²) in [5.41, 5.74) is 2.20. The minimum atomic E-state index is -4.49. The maximum Gasteiger partial charge on any atom is 0.416 e. The molecule has 1 N–H and O–H groups in total. The number of alkyl halides is 3. The Kier molecular flexibility index (Phi) is 7.01. The van der Waals surface area contributed by atoms with E-state index in [2.05, 4.69) is 5.32 Å². The van der Waals surface area contributed by atoms with Gasteiger partial charge in [0.2, 0.25) is 0 Å². The number of benzene rings is 3. The van der Waals surface area contributed by atoms with Gasteiger partial charge in [-0.3, -0.25) is 9.59 Å². The van der Waals surface area contributed by atoms with Gasteiger partial charge in [-0.15, -0.1) is 0 Å². The number of fused-ring (bicyclic) bond motifs is 1. The van der Waals surface area contributed by atoms with E-state index in [9.17, 15) is 22.8 Å². The summed E-state index contributed by atoms with van der Waals surface area (Å²) in [4.78, 5) is 27.3. The van der Waals surface area contributed by atoms with Crippen molar-refractivity contribution in [1.82, 2.24) is 4.90 Å². The average molecular weight is 525 g/mol. The maximum atomic E-state index is 13.0.